The van der Waals surface area contributed by atoms with Crippen LogP contribution in [-0.4, -0.2) is 53.2 Å². The first-order valence-corrected chi connectivity index (χ1v) is 9.76. The van der Waals surface area contributed by atoms with Crippen LogP contribution < -0.4 is 15.4 Å². The normalized spacial score (nSPS) is 17.1. The molecule has 0 radical (unpaired) electrons. The minimum atomic E-state index is -0.179. The number of nitrogens with zero attached hydrogens (tertiary/aromatic N) is 3. The Morgan fingerprint density at radius 2 is 2.37 bits per heavy atom. The summed E-state index contributed by atoms with van der Waals surface area (Å²) >= 11 is 7.42. The number of benzene rings is 1. The number of nitrogens with one attached hydrogen (secondary N) is 2. The monoisotopic (exact) mass is 403 g/mol. The van der Waals surface area contributed by atoms with Crippen LogP contribution in [0.15, 0.2) is 42.7 Å². The number of anilines is 1. The highest BCUT2D eigenvalue weighted by Crippen LogP contribution is 2.28. The van der Waals surface area contributed by atoms with Crippen molar-refractivity contribution < 1.29 is 9.53 Å². The van der Waals surface area contributed by atoms with Gasteiger partial charge in [0.25, 0.3) is 0 Å². The van der Waals surface area contributed by atoms with Crippen LogP contribution in [0.25, 0.3) is 10.2 Å². The summed E-state index contributed by atoms with van der Waals surface area (Å²) in [6.07, 6.45) is 3.35. The predicted octanol–water partition coefficient (Wildman–Crippen LogP) is 3.23. The lowest BCUT2D eigenvalue weighted by atomic mass is 10.2. The van der Waals surface area contributed by atoms with Crippen molar-refractivity contribution in [3.8, 4) is 5.75 Å². The van der Waals surface area contributed by atoms with Crippen molar-refractivity contribution in [3.63, 3.8) is 0 Å². The number of hydrogen-bond donors (Lipinski definition) is 2. The lowest BCUT2D eigenvalue weighted by Crippen LogP contribution is -2.57. The molecule has 1 aliphatic rings. The molecule has 1 unspecified atom stereocenters. The molecule has 140 valence electrons. The fraction of sp³-hybridized carbons (Fsp3) is 0.278. The van der Waals surface area contributed by atoms with Crippen molar-refractivity contribution in [3.05, 3.63) is 47.7 Å². The van der Waals surface area contributed by atoms with Crippen LogP contribution in [0, 0.1) is 0 Å². The number of hydrogen-bond acceptors (Lipinski definition) is 6. The number of aromatic nitrogens is 2. The van der Waals surface area contributed by atoms with E-state index in [0.717, 1.165) is 16.8 Å². The number of halogens is 1. The second-order valence-corrected chi connectivity index (χ2v) is 7.58. The van der Waals surface area contributed by atoms with E-state index in [0.29, 0.717) is 35.6 Å². The molecular formula is C18H18ClN5O2S. The van der Waals surface area contributed by atoms with E-state index in [-0.39, 0.29) is 12.1 Å². The van der Waals surface area contributed by atoms with Crippen LogP contribution in [0.4, 0.5) is 9.93 Å². The Hall–Kier alpha value is -2.42. The van der Waals surface area contributed by atoms with E-state index >= 15 is 0 Å². The molecule has 1 fully saturated rings. The van der Waals surface area contributed by atoms with E-state index < -0.39 is 0 Å². The first-order chi connectivity index (χ1) is 13.2. The van der Waals surface area contributed by atoms with Crippen LogP contribution in [0.1, 0.15) is 0 Å². The van der Waals surface area contributed by atoms with Gasteiger partial charge in [-0.05, 0) is 30.3 Å². The molecule has 9 heteroatoms. The Bertz CT molecular complexity index is 936. The van der Waals surface area contributed by atoms with E-state index in [1.807, 2.05) is 24.3 Å². The summed E-state index contributed by atoms with van der Waals surface area (Å²) in [5.41, 5.74) is 0.816. The number of urea groups is 1. The Morgan fingerprint density at radius 1 is 1.44 bits per heavy atom. The van der Waals surface area contributed by atoms with E-state index in [1.54, 1.807) is 23.4 Å². The molecule has 1 aliphatic heterocycles. The first-order valence-electron chi connectivity index (χ1n) is 8.56. The Morgan fingerprint density at radius 3 is 3.22 bits per heavy atom. The number of amides is 2. The first kappa shape index (κ1) is 18.0. The number of rotatable bonds is 4. The molecule has 1 aromatic carbocycles. The molecule has 7 nitrogen and oxygen atoms in total. The number of piperazine rings is 1. The molecule has 2 amide bonds. The van der Waals surface area contributed by atoms with Gasteiger partial charge in [-0.3, -0.25) is 10.3 Å². The summed E-state index contributed by atoms with van der Waals surface area (Å²) in [5, 5.41) is 7.42. The van der Waals surface area contributed by atoms with Crippen LogP contribution in [0.3, 0.4) is 0 Å². The third-order valence-corrected chi connectivity index (χ3v) is 5.42. The summed E-state index contributed by atoms with van der Waals surface area (Å²) in [7, 11) is 0. The lowest BCUT2D eigenvalue weighted by Gasteiger charge is -2.35. The number of carbonyl (C=O) groups is 1. The van der Waals surface area contributed by atoms with Gasteiger partial charge >= 0.3 is 6.03 Å². The topological polar surface area (TPSA) is 79.4 Å². The van der Waals surface area contributed by atoms with Gasteiger partial charge in [-0.2, -0.15) is 0 Å². The van der Waals surface area contributed by atoms with Gasteiger partial charge in [0.05, 0.1) is 22.5 Å². The van der Waals surface area contributed by atoms with Crippen molar-refractivity contribution in [2.24, 2.45) is 0 Å². The number of ether oxygens (including phenoxy) is 1. The average Bonchev–Trinajstić information content (AvgIpc) is 3.08. The summed E-state index contributed by atoms with van der Waals surface area (Å²) in [6, 6.07) is 8.89. The van der Waals surface area contributed by atoms with Crippen molar-refractivity contribution >= 4 is 44.3 Å². The van der Waals surface area contributed by atoms with Gasteiger partial charge in [-0.15, -0.1) is 0 Å². The summed E-state index contributed by atoms with van der Waals surface area (Å²) in [4.78, 5) is 23.1. The van der Waals surface area contributed by atoms with E-state index in [9.17, 15) is 4.79 Å². The number of pyridine rings is 1. The van der Waals surface area contributed by atoms with E-state index in [1.165, 1.54) is 11.3 Å². The molecule has 4 rings (SSSR count). The molecule has 3 heterocycles. The minimum Gasteiger partial charge on any atom is -0.490 e. The smallest absolute Gasteiger partial charge is 0.324 e. The van der Waals surface area contributed by atoms with Crippen LogP contribution in [-0.2, 0) is 0 Å². The van der Waals surface area contributed by atoms with Gasteiger partial charge in [-0.25, -0.2) is 9.78 Å². The molecule has 0 bridgehead atoms. The molecule has 27 heavy (non-hydrogen) atoms. The second kappa shape index (κ2) is 8.08. The molecule has 3 aromatic rings. The highest BCUT2D eigenvalue weighted by atomic mass is 35.5. The van der Waals surface area contributed by atoms with Gasteiger partial charge < -0.3 is 15.0 Å². The van der Waals surface area contributed by atoms with Gasteiger partial charge in [0.1, 0.15) is 12.4 Å². The zero-order valence-electron chi connectivity index (χ0n) is 14.4. The number of carbonyl (C=O) groups excluding carboxylic acids is 1. The molecular weight excluding hydrogens is 386 g/mol. The standard InChI is InChI=1S/C18H18ClN5O2S/c19-12-3-4-15-16(8-12)27-17(22-15)23-18(25)24-7-6-21-9-13(24)11-26-14-2-1-5-20-10-14/h1-5,8,10,13,21H,6-7,9,11H2,(H,22,23,25). The molecule has 2 aromatic heterocycles. The largest absolute Gasteiger partial charge is 0.490 e. The van der Waals surface area contributed by atoms with Crippen molar-refractivity contribution in [1.29, 1.82) is 0 Å². The molecule has 1 atom stereocenters. The SMILES string of the molecule is O=C(Nc1nc2ccc(Cl)cc2s1)N1CCNCC1COc1cccnc1. The maximum absolute atomic E-state index is 12.8. The lowest BCUT2D eigenvalue weighted by molar-refractivity contribution is 0.133. The fourth-order valence-corrected chi connectivity index (χ4v) is 4.05. The summed E-state index contributed by atoms with van der Waals surface area (Å²) in [6.45, 7) is 2.40. The summed E-state index contributed by atoms with van der Waals surface area (Å²) in [5.74, 6) is 0.687. The third kappa shape index (κ3) is 4.29. The van der Waals surface area contributed by atoms with Gasteiger partial charge in [-0.1, -0.05) is 22.9 Å². The van der Waals surface area contributed by atoms with E-state index in [2.05, 4.69) is 20.6 Å². The predicted molar refractivity (Wildman–Crippen MR) is 107 cm³/mol. The molecule has 1 saturated heterocycles. The van der Waals surface area contributed by atoms with Crippen molar-refractivity contribution in [1.82, 2.24) is 20.2 Å². The maximum atomic E-state index is 12.8. The fourth-order valence-electron chi connectivity index (χ4n) is 2.92. The van der Waals surface area contributed by atoms with Crippen molar-refractivity contribution in [2.75, 3.05) is 31.6 Å². The molecule has 0 saturated carbocycles. The van der Waals surface area contributed by atoms with Gasteiger partial charge in [0, 0.05) is 30.9 Å². The van der Waals surface area contributed by atoms with Crippen LogP contribution in [0.2, 0.25) is 5.02 Å². The highest BCUT2D eigenvalue weighted by Gasteiger charge is 2.27. The van der Waals surface area contributed by atoms with Crippen LogP contribution >= 0.6 is 22.9 Å². The van der Waals surface area contributed by atoms with Gasteiger partial charge in [0.15, 0.2) is 5.13 Å². The minimum absolute atomic E-state index is 0.0808. The number of thiazole rings is 1. The Kier molecular flexibility index (Phi) is 5.38. The average molecular weight is 404 g/mol. The molecule has 2 N–H and O–H groups in total. The number of fused-ring (bicyclic) bond motifs is 1. The summed E-state index contributed by atoms with van der Waals surface area (Å²) < 4.78 is 6.72. The highest BCUT2D eigenvalue weighted by molar-refractivity contribution is 7.22. The molecule has 0 spiro atoms. The van der Waals surface area contributed by atoms with E-state index in [4.69, 9.17) is 16.3 Å². The Balaban J connectivity index is 1.43. The quantitative estimate of drug-likeness (QED) is 0.699. The third-order valence-electron chi connectivity index (χ3n) is 4.25. The maximum Gasteiger partial charge on any atom is 0.324 e. The Labute approximate surface area is 165 Å². The second-order valence-electron chi connectivity index (χ2n) is 6.11. The van der Waals surface area contributed by atoms with Crippen molar-refractivity contribution in [2.45, 2.75) is 6.04 Å². The zero-order valence-corrected chi connectivity index (χ0v) is 16.0. The zero-order chi connectivity index (χ0) is 18.6. The van der Waals surface area contributed by atoms with Crippen LogP contribution in [0.5, 0.6) is 5.75 Å². The van der Waals surface area contributed by atoms with Gasteiger partial charge in [0.2, 0.25) is 0 Å². The molecule has 0 aliphatic carbocycles.